The highest BCUT2D eigenvalue weighted by atomic mass is 32.1. The van der Waals surface area contributed by atoms with Gasteiger partial charge in [0, 0.05) is 0 Å². The number of rotatable bonds is 1. The van der Waals surface area contributed by atoms with E-state index in [4.69, 9.17) is 0 Å². The van der Waals surface area contributed by atoms with Gasteiger partial charge in [-0.2, -0.15) is 12.6 Å². The van der Waals surface area contributed by atoms with Crippen molar-refractivity contribution in [2.45, 2.75) is 6.92 Å². The van der Waals surface area contributed by atoms with Gasteiger partial charge in [-0.05, 0) is 13.2 Å². The van der Waals surface area contributed by atoms with Gasteiger partial charge < -0.3 is 0 Å². The van der Waals surface area contributed by atoms with Crippen LogP contribution in [-0.4, -0.2) is 6.26 Å². The summed E-state index contributed by atoms with van der Waals surface area (Å²) in [4.78, 5) is 0. The summed E-state index contributed by atoms with van der Waals surface area (Å²) < 4.78 is 0. The molecule has 0 nitrogen and oxygen atoms in total. The average molecular weight is 116 g/mol. The molecule has 0 heterocycles. The van der Waals surface area contributed by atoms with Crippen LogP contribution in [0.4, 0.5) is 0 Å². The maximum Gasteiger partial charge on any atom is -0.0215 e. The van der Waals surface area contributed by atoms with E-state index in [0.29, 0.717) is 0 Å². The molecule has 0 aromatic heterocycles. The third kappa shape index (κ3) is 25.5. The van der Waals surface area contributed by atoms with E-state index in [9.17, 15) is 0 Å². The van der Waals surface area contributed by atoms with Crippen molar-refractivity contribution in [3.05, 3.63) is 24.8 Å². The second-order valence-corrected chi connectivity index (χ2v) is 1.05. The summed E-state index contributed by atoms with van der Waals surface area (Å²) in [6.45, 7) is 8.93. The van der Waals surface area contributed by atoms with Gasteiger partial charge in [0.2, 0.25) is 0 Å². The molecule has 0 unspecified atom stereocenters. The van der Waals surface area contributed by atoms with E-state index in [-0.39, 0.29) is 0 Å². The van der Waals surface area contributed by atoms with Gasteiger partial charge in [-0.3, -0.25) is 0 Å². The maximum absolute atomic E-state index is 3.56. The zero-order chi connectivity index (χ0) is 6.28. The zero-order valence-corrected chi connectivity index (χ0v) is 5.83. The van der Waals surface area contributed by atoms with E-state index in [1.54, 1.807) is 12.3 Å². The number of hydrogen-bond acceptors (Lipinski definition) is 1. The van der Waals surface area contributed by atoms with E-state index in [1.807, 2.05) is 6.92 Å². The molecule has 0 spiro atoms. The Balaban J connectivity index is 0. The van der Waals surface area contributed by atoms with Crippen molar-refractivity contribution in [1.29, 1.82) is 0 Å². The van der Waals surface area contributed by atoms with Gasteiger partial charge in [0.1, 0.15) is 0 Å². The van der Waals surface area contributed by atoms with Crippen LogP contribution in [0, 0.1) is 0 Å². The number of allylic oxidation sites excluding steroid dienone is 2. The molecule has 0 saturated carbocycles. The first-order valence-corrected chi connectivity index (χ1v) is 2.89. The molecule has 42 valence electrons. The third-order valence-corrected chi connectivity index (χ3v) is 0.348. The van der Waals surface area contributed by atoms with Crippen LogP contribution in [0.25, 0.3) is 0 Å². The first-order chi connectivity index (χ1) is 3.27. The second-order valence-electron chi connectivity index (χ2n) is 1.05. The molecule has 0 aromatic rings. The summed E-state index contributed by atoms with van der Waals surface area (Å²) in [7, 11) is 0. The fourth-order valence-corrected chi connectivity index (χ4v) is 0. The topological polar surface area (TPSA) is 0 Å². The normalized spacial score (nSPS) is 5.57. The van der Waals surface area contributed by atoms with Gasteiger partial charge in [-0.25, -0.2) is 0 Å². The van der Waals surface area contributed by atoms with Crippen LogP contribution in [0.2, 0.25) is 0 Å². The quantitative estimate of drug-likeness (QED) is 0.394. The summed E-state index contributed by atoms with van der Waals surface area (Å²) in [6, 6.07) is 0. The van der Waals surface area contributed by atoms with E-state index < -0.39 is 0 Å². The Morgan fingerprint density at radius 3 is 1.71 bits per heavy atom. The predicted molar refractivity (Wildman–Crippen MR) is 39.9 cm³/mol. The molecule has 0 fully saturated rings. The molecule has 0 atom stereocenters. The summed E-state index contributed by atoms with van der Waals surface area (Å²) in [5.74, 6) is 0. The Labute approximate surface area is 51.3 Å². The van der Waals surface area contributed by atoms with Gasteiger partial charge in [0.05, 0.1) is 0 Å². The molecule has 1 heteroatoms. The lowest BCUT2D eigenvalue weighted by atomic mass is 10.4. The minimum Gasteiger partial charge on any atom is -0.183 e. The lowest BCUT2D eigenvalue weighted by Gasteiger charge is -1.71. The van der Waals surface area contributed by atoms with Gasteiger partial charge in [-0.15, -0.1) is 0 Å². The first kappa shape index (κ1) is 9.95. The summed E-state index contributed by atoms with van der Waals surface area (Å²) in [5.41, 5.74) is 1.02. The highest BCUT2D eigenvalue weighted by Crippen LogP contribution is 1.81. The Bertz CT molecular complexity index is 55.2. The highest BCUT2D eigenvalue weighted by Gasteiger charge is 1.59. The van der Waals surface area contributed by atoms with Crippen molar-refractivity contribution in [2.24, 2.45) is 0 Å². The Morgan fingerprint density at radius 1 is 1.57 bits per heavy atom. The SMILES string of the molecule is C=CC(=C)C.CS. The molecule has 0 aromatic carbocycles. The second kappa shape index (κ2) is 9.27. The monoisotopic (exact) mass is 116 g/mol. The predicted octanol–water partition coefficient (Wildman–Crippen LogP) is 2.29. The molecule has 0 aliphatic carbocycles. The fraction of sp³-hybridized carbons (Fsp3) is 0.333. The zero-order valence-electron chi connectivity index (χ0n) is 4.94. The number of thiol groups is 1. The van der Waals surface area contributed by atoms with Crippen LogP contribution in [0.15, 0.2) is 24.8 Å². The lowest BCUT2D eigenvalue weighted by Crippen LogP contribution is -1.50. The van der Waals surface area contributed by atoms with Crippen molar-refractivity contribution < 1.29 is 0 Å². The van der Waals surface area contributed by atoms with Crippen molar-refractivity contribution in [3.8, 4) is 0 Å². The highest BCUT2D eigenvalue weighted by molar-refractivity contribution is 7.79. The van der Waals surface area contributed by atoms with Crippen molar-refractivity contribution >= 4 is 12.6 Å². The molecular formula is C6H12S. The lowest BCUT2D eigenvalue weighted by molar-refractivity contribution is 1.58. The molecule has 0 aliphatic rings. The molecule has 0 bridgehead atoms. The molecule has 0 amide bonds. The largest absolute Gasteiger partial charge is 0.183 e. The Morgan fingerprint density at radius 2 is 1.71 bits per heavy atom. The average Bonchev–Trinajstić information content (AvgIpc) is 1.73. The molecule has 0 rings (SSSR count). The van der Waals surface area contributed by atoms with Crippen LogP contribution in [0.5, 0.6) is 0 Å². The van der Waals surface area contributed by atoms with Crippen LogP contribution < -0.4 is 0 Å². The fourth-order valence-electron chi connectivity index (χ4n) is 0. The van der Waals surface area contributed by atoms with Gasteiger partial charge in [-0.1, -0.05) is 24.8 Å². The van der Waals surface area contributed by atoms with E-state index in [0.717, 1.165) is 5.57 Å². The standard InChI is InChI=1S/C5H8.CH4S/c1-4-5(2)3;1-2/h4H,1-2H2,3H3;2H,1H3. The summed E-state index contributed by atoms with van der Waals surface area (Å²) >= 11 is 3.53. The van der Waals surface area contributed by atoms with Gasteiger partial charge in [0.25, 0.3) is 0 Å². The van der Waals surface area contributed by atoms with Crippen molar-refractivity contribution in [2.75, 3.05) is 6.26 Å². The van der Waals surface area contributed by atoms with Crippen LogP contribution in [0.1, 0.15) is 6.92 Å². The van der Waals surface area contributed by atoms with E-state index >= 15 is 0 Å². The Hall–Kier alpha value is -0.170. The van der Waals surface area contributed by atoms with Gasteiger partial charge in [0.15, 0.2) is 0 Å². The smallest absolute Gasteiger partial charge is 0.0215 e. The summed E-state index contributed by atoms with van der Waals surface area (Å²) in [6.07, 6.45) is 3.42. The minimum atomic E-state index is 1.02. The Kier molecular flexibility index (Phi) is 13.2. The molecular weight excluding hydrogens is 104 g/mol. The van der Waals surface area contributed by atoms with Crippen LogP contribution in [0.3, 0.4) is 0 Å². The molecule has 0 N–H and O–H groups in total. The first-order valence-electron chi connectivity index (χ1n) is 2.00. The summed E-state index contributed by atoms with van der Waals surface area (Å²) in [5, 5.41) is 0. The van der Waals surface area contributed by atoms with Crippen molar-refractivity contribution in [1.82, 2.24) is 0 Å². The van der Waals surface area contributed by atoms with Crippen LogP contribution >= 0.6 is 12.6 Å². The molecule has 0 aliphatic heterocycles. The van der Waals surface area contributed by atoms with E-state index in [1.165, 1.54) is 0 Å². The molecule has 0 radical (unpaired) electrons. The maximum atomic E-state index is 3.56. The molecule has 7 heavy (non-hydrogen) atoms. The molecule has 0 saturated heterocycles. The third-order valence-electron chi connectivity index (χ3n) is 0.348. The van der Waals surface area contributed by atoms with Gasteiger partial charge >= 0.3 is 0 Å². The van der Waals surface area contributed by atoms with Crippen LogP contribution in [-0.2, 0) is 0 Å². The number of hydrogen-bond donors (Lipinski definition) is 1. The van der Waals surface area contributed by atoms with E-state index in [2.05, 4.69) is 25.8 Å². The minimum absolute atomic E-state index is 1.02. The van der Waals surface area contributed by atoms with Crippen molar-refractivity contribution in [3.63, 3.8) is 0 Å².